The molecule has 0 amide bonds. The van der Waals surface area contributed by atoms with Crippen molar-refractivity contribution in [2.75, 3.05) is 5.73 Å². The second kappa shape index (κ2) is 5.05. The summed E-state index contributed by atoms with van der Waals surface area (Å²) in [7, 11) is 0. The third-order valence-electron chi connectivity index (χ3n) is 3.46. The topological polar surface area (TPSA) is 52.0 Å². The van der Waals surface area contributed by atoms with Crippen LogP contribution in [0.5, 0.6) is 0 Å². The quantitative estimate of drug-likeness (QED) is 0.760. The van der Waals surface area contributed by atoms with Gasteiger partial charge in [0.25, 0.3) is 0 Å². The molecule has 2 N–H and O–H groups in total. The highest BCUT2D eigenvalue weighted by molar-refractivity contribution is 5.87. The summed E-state index contributed by atoms with van der Waals surface area (Å²) >= 11 is 0. The first kappa shape index (κ1) is 13.4. The van der Waals surface area contributed by atoms with Gasteiger partial charge in [-0.3, -0.25) is 0 Å². The molecule has 3 rings (SSSR count). The first-order chi connectivity index (χ1) is 10.1. The molecule has 3 aromatic rings. The van der Waals surface area contributed by atoms with Crippen LogP contribution in [-0.2, 0) is 0 Å². The number of hydrogen-bond donors (Lipinski definition) is 1. The van der Waals surface area contributed by atoms with Crippen molar-refractivity contribution in [3.63, 3.8) is 0 Å². The highest BCUT2D eigenvalue weighted by Crippen LogP contribution is 2.38. The van der Waals surface area contributed by atoms with Gasteiger partial charge in [-0.2, -0.15) is 0 Å². The molecular formula is C17H15FN2O. The molecule has 2 aromatic carbocycles. The van der Waals surface area contributed by atoms with Gasteiger partial charge in [-0.05, 0) is 43.2 Å². The van der Waals surface area contributed by atoms with Gasteiger partial charge in [-0.1, -0.05) is 35.0 Å². The Labute approximate surface area is 122 Å². The molecule has 0 unspecified atom stereocenters. The Morgan fingerprint density at radius 2 is 1.90 bits per heavy atom. The van der Waals surface area contributed by atoms with Crippen LogP contribution in [0.15, 0.2) is 47.0 Å². The van der Waals surface area contributed by atoms with E-state index in [0.717, 1.165) is 27.8 Å². The van der Waals surface area contributed by atoms with Gasteiger partial charge < -0.3 is 10.3 Å². The first-order valence-electron chi connectivity index (χ1n) is 6.65. The van der Waals surface area contributed by atoms with Gasteiger partial charge in [0.2, 0.25) is 0 Å². The minimum atomic E-state index is -0.277. The van der Waals surface area contributed by atoms with Crippen LogP contribution in [0.4, 0.5) is 10.2 Å². The Balaban J connectivity index is 2.22. The van der Waals surface area contributed by atoms with E-state index < -0.39 is 0 Å². The van der Waals surface area contributed by atoms with E-state index in [0.29, 0.717) is 11.6 Å². The van der Waals surface area contributed by atoms with Crippen LogP contribution in [0.3, 0.4) is 0 Å². The summed E-state index contributed by atoms with van der Waals surface area (Å²) in [6, 6.07) is 12.5. The van der Waals surface area contributed by atoms with Gasteiger partial charge in [-0.15, -0.1) is 0 Å². The number of halogens is 1. The Bertz CT molecular complexity index is 808. The largest absolute Gasteiger partial charge is 0.380 e. The van der Waals surface area contributed by atoms with Gasteiger partial charge in [0.15, 0.2) is 11.6 Å². The average molecular weight is 282 g/mol. The lowest BCUT2D eigenvalue weighted by Crippen LogP contribution is -1.90. The molecule has 0 aliphatic rings. The lowest BCUT2D eigenvalue weighted by molar-refractivity contribution is 0.436. The minimum Gasteiger partial charge on any atom is -0.380 e. The third kappa shape index (κ3) is 2.40. The van der Waals surface area contributed by atoms with E-state index in [9.17, 15) is 4.39 Å². The van der Waals surface area contributed by atoms with Crippen molar-refractivity contribution in [3.8, 4) is 22.5 Å². The predicted molar refractivity (Wildman–Crippen MR) is 81.2 cm³/mol. The molecule has 0 radical (unpaired) electrons. The van der Waals surface area contributed by atoms with Crippen LogP contribution in [0.1, 0.15) is 11.1 Å². The summed E-state index contributed by atoms with van der Waals surface area (Å²) in [4.78, 5) is 0. The molecule has 21 heavy (non-hydrogen) atoms. The smallest absolute Gasteiger partial charge is 0.177 e. The Kier molecular flexibility index (Phi) is 3.22. The summed E-state index contributed by atoms with van der Waals surface area (Å²) in [5.41, 5.74) is 10.3. The molecule has 3 nitrogen and oxygen atoms in total. The van der Waals surface area contributed by atoms with Crippen molar-refractivity contribution in [2.45, 2.75) is 13.8 Å². The molecule has 0 aliphatic heterocycles. The van der Waals surface area contributed by atoms with Crippen molar-refractivity contribution in [3.05, 3.63) is 59.4 Å². The molecular weight excluding hydrogens is 267 g/mol. The summed E-state index contributed by atoms with van der Waals surface area (Å²) in [6.07, 6.45) is 0. The third-order valence-corrected chi connectivity index (χ3v) is 3.46. The molecule has 0 aliphatic carbocycles. The number of aryl methyl sites for hydroxylation is 2. The summed E-state index contributed by atoms with van der Waals surface area (Å²) in [6.45, 7) is 3.84. The number of hydrogen-bond acceptors (Lipinski definition) is 3. The van der Waals surface area contributed by atoms with Gasteiger partial charge in [0, 0.05) is 5.56 Å². The van der Waals surface area contributed by atoms with Gasteiger partial charge in [0.05, 0.1) is 5.56 Å². The molecule has 0 bridgehead atoms. The molecule has 0 atom stereocenters. The second-order valence-corrected chi connectivity index (χ2v) is 5.10. The number of benzene rings is 2. The summed E-state index contributed by atoms with van der Waals surface area (Å²) in [5.74, 6) is 0.621. The van der Waals surface area contributed by atoms with Gasteiger partial charge in [0.1, 0.15) is 5.82 Å². The van der Waals surface area contributed by atoms with E-state index in [-0.39, 0.29) is 5.82 Å². The molecule has 0 saturated carbocycles. The number of anilines is 1. The van der Waals surface area contributed by atoms with E-state index in [1.54, 1.807) is 6.07 Å². The molecule has 0 fully saturated rings. The molecule has 1 aromatic heterocycles. The monoisotopic (exact) mass is 282 g/mol. The highest BCUT2D eigenvalue weighted by atomic mass is 19.1. The Hall–Kier alpha value is -2.62. The molecule has 0 saturated heterocycles. The SMILES string of the molecule is Cc1cccc(-c2c(N)noc2-c2ccc(F)cc2C)c1. The maximum atomic E-state index is 13.3. The zero-order valence-corrected chi connectivity index (χ0v) is 11.9. The summed E-state index contributed by atoms with van der Waals surface area (Å²) < 4.78 is 18.7. The Morgan fingerprint density at radius 1 is 1.10 bits per heavy atom. The van der Waals surface area contributed by atoms with Crippen molar-refractivity contribution in [1.82, 2.24) is 5.16 Å². The van der Waals surface area contributed by atoms with E-state index in [1.807, 2.05) is 38.1 Å². The zero-order valence-electron chi connectivity index (χ0n) is 11.9. The van der Waals surface area contributed by atoms with Crippen LogP contribution >= 0.6 is 0 Å². The number of rotatable bonds is 2. The van der Waals surface area contributed by atoms with Crippen LogP contribution in [0.2, 0.25) is 0 Å². The fraction of sp³-hybridized carbons (Fsp3) is 0.118. The molecule has 0 spiro atoms. The highest BCUT2D eigenvalue weighted by Gasteiger charge is 2.19. The van der Waals surface area contributed by atoms with E-state index in [4.69, 9.17) is 10.3 Å². The zero-order chi connectivity index (χ0) is 15.0. The standard InChI is InChI=1S/C17H15FN2O/c1-10-4-3-5-12(8-10)15-16(21-20-17(15)19)14-7-6-13(18)9-11(14)2/h3-9H,1-2H3,(H2,19,20). The van der Waals surface area contributed by atoms with Crippen LogP contribution in [0, 0.1) is 19.7 Å². The van der Waals surface area contributed by atoms with Crippen molar-refractivity contribution in [2.24, 2.45) is 0 Å². The van der Waals surface area contributed by atoms with Crippen molar-refractivity contribution >= 4 is 5.82 Å². The van der Waals surface area contributed by atoms with Gasteiger partial charge >= 0.3 is 0 Å². The van der Waals surface area contributed by atoms with Crippen LogP contribution < -0.4 is 5.73 Å². The van der Waals surface area contributed by atoms with E-state index in [2.05, 4.69) is 5.16 Å². The maximum absolute atomic E-state index is 13.3. The molecule has 1 heterocycles. The maximum Gasteiger partial charge on any atom is 0.177 e. The van der Waals surface area contributed by atoms with Crippen LogP contribution in [0.25, 0.3) is 22.5 Å². The lowest BCUT2D eigenvalue weighted by atomic mass is 9.97. The molecule has 4 heteroatoms. The van der Waals surface area contributed by atoms with E-state index >= 15 is 0 Å². The van der Waals surface area contributed by atoms with Gasteiger partial charge in [-0.25, -0.2) is 4.39 Å². The number of aromatic nitrogens is 1. The average Bonchev–Trinajstić information content (AvgIpc) is 2.80. The second-order valence-electron chi connectivity index (χ2n) is 5.10. The van der Waals surface area contributed by atoms with Crippen molar-refractivity contribution < 1.29 is 8.91 Å². The normalized spacial score (nSPS) is 10.8. The summed E-state index contributed by atoms with van der Waals surface area (Å²) in [5, 5.41) is 3.87. The van der Waals surface area contributed by atoms with E-state index in [1.165, 1.54) is 12.1 Å². The van der Waals surface area contributed by atoms with Crippen LogP contribution in [-0.4, -0.2) is 5.16 Å². The predicted octanol–water partition coefficient (Wildman–Crippen LogP) is 4.35. The number of nitrogens with two attached hydrogens (primary N) is 1. The first-order valence-corrected chi connectivity index (χ1v) is 6.65. The Morgan fingerprint density at radius 3 is 2.62 bits per heavy atom. The number of nitrogen functional groups attached to an aromatic ring is 1. The fourth-order valence-electron chi connectivity index (χ4n) is 2.45. The lowest BCUT2D eigenvalue weighted by Gasteiger charge is -2.06. The fourth-order valence-corrected chi connectivity index (χ4v) is 2.45. The van der Waals surface area contributed by atoms with Crippen molar-refractivity contribution in [1.29, 1.82) is 0 Å². The number of nitrogens with zero attached hydrogens (tertiary/aromatic N) is 1. The minimum absolute atomic E-state index is 0.277. The molecule has 106 valence electrons.